The molecule has 0 unspecified atom stereocenters. The number of carbonyl (C=O) groups excluding carboxylic acids is 3. The maximum absolute atomic E-state index is 12.9. The number of carboxylic acids is 1. The van der Waals surface area contributed by atoms with E-state index in [1.165, 1.54) is 11.8 Å². The van der Waals surface area contributed by atoms with Crippen LogP contribution in [0.2, 0.25) is 0 Å². The molecule has 1 aromatic heterocycles. The minimum atomic E-state index is -1.17. The molecule has 158 valence electrons. The van der Waals surface area contributed by atoms with E-state index in [9.17, 15) is 24.3 Å². The van der Waals surface area contributed by atoms with E-state index in [1.807, 2.05) is 17.5 Å². The Morgan fingerprint density at radius 2 is 2.10 bits per heavy atom. The van der Waals surface area contributed by atoms with Crippen molar-refractivity contribution in [3.8, 4) is 0 Å². The standard InChI is InChI=1S/C21H21N3O5S.Na.H/c1-11(25)23-9-14-8-13(17(21(28)29)24-16(14)18(23)20(24)27)7-12-4-5-22(19(12)26)10-15-3-2-6-30-15;;/h2-3,6-7,14,16,18H,4-5,8-10H2,1H3,(H,28,29);;/b12-7+;;/t14-,16-,18+;;/m1../s1. The van der Waals surface area contributed by atoms with Crippen molar-refractivity contribution in [2.45, 2.75) is 38.4 Å². The molecular weight excluding hydrogens is 429 g/mol. The molecule has 31 heavy (non-hydrogen) atoms. The summed E-state index contributed by atoms with van der Waals surface area (Å²) >= 11 is 1.60. The molecule has 1 aromatic rings. The predicted molar refractivity (Wildman–Crippen MR) is 114 cm³/mol. The molecule has 0 saturated carbocycles. The van der Waals surface area contributed by atoms with Crippen molar-refractivity contribution in [3.05, 3.63) is 45.3 Å². The van der Waals surface area contributed by atoms with Crippen LogP contribution in [0.15, 0.2) is 40.4 Å². The Morgan fingerprint density at radius 1 is 1.32 bits per heavy atom. The SMILES string of the molecule is CC(=O)N1C[C@H]2CC(/C=C3\CCN(Cc4cccs4)C3=O)=C(C(=O)O)N3C(=O)[C@@H]1[C@@H]23.[NaH]. The second kappa shape index (κ2) is 8.20. The summed E-state index contributed by atoms with van der Waals surface area (Å²) in [7, 11) is 0. The first-order chi connectivity index (χ1) is 14.4. The summed E-state index contributed by atoms with van der Waals surface area (Å²) < 4.78 is 0. The fourth-order valence-corrected chi connectivity index (χ4v) is 5.90. The van der Waals surface area contributed by atoms with Crippen LogP contribution < -0.4 is 0 Å². The van der Waals surface area contributed by atoms with Gasteiger partial charge in [0.15, 0.2) is 0 Å². The number of aliphatic carboxylic acids is 1. The third kappa shape index (κ3) is 3.47. The monoisotopic (exact) mass is 451 g/mol. The van der Waals surface area contributed by atoms with Crippen molar-refractivity contribution in [1.29, 1.82) is 0 Å². The molecular formula is C21H22N3NaO5S. The Labute approximate surface area is 205 Å². The van der Waals surface area contributed by atoms with Gasteiger partial charge in [0.1, 0.15) is 11.7 Å². The molecule has 3 amide bonds. The first kappa shape index (κ1) is 22.3. The Balaban J connectivity index is 0.00000231. The number of allylic oxidation sites excluding steroid dienone is 2. The van der Waals surface area contributed by atoms with Gasteiger partial charge >= 0.3 is 35.5 Å². The van der Waals surface area contributed by atoms with Crippen LogP contribution in [0, 0.1) is 5.92 Å². The van der Waals surface area contributed by atoms with E-state index in [2.05, 4.69) is 0 Å². The van der Waals surface area contributed by atoms with Gasteiger partial charge in [0.2, 0.25) is 11.8 Å². The number of carboxylic acid groups (broad SMARTS) is 1. The molecule has 8 nitrogen and oxygen atoms in total. The van der Waals surface area contributed by atoms with Crippen molar-refractivity contribution in [1.82, 2.24) is 14.7 Å². The Bertz CT molecular complexity index is 1030. The van der Waals surface area contributed by atoms with Gasteiger partial charge in [0.05, 0.1) is 12.6 Å². The zero-order valence-electron chi connectivity index (χ0n) is 16.4. The van der Waals surface area contributed by atoms with E-state index in [0.717, 1.165) is 4.88 Å². The summed E-state index contributed by atoms with van der Waals surface area (Å²) in [5.41, 5.74) is 1.03. The molecule has 5 rings (SSSR count). The molecule has 0 radical (unpaired) electrons. The third-order valence-corrected chi connectivity index (χ3v) is 7.35. The van der Waals surface area contributed by atoms with E-state index in [-0.39, 0.29) is 64.9 Å². The van der Waals surface area contributed by atoms with Crippen LogP contribution in [0.25, 0.3) is 0 Å². The van der Waals surface area contributed by atoms with E-state index in [0.29, 0.717) is 43.6 Å². The van der Waals surface area contributed by atoms with Gasteiger partial charge in [0.25, 0.3) is 5.91 Å². The zero-order valence-corrected chi connectivity index (χ0v) is 17.2. The molecule has 3 saturated heterocycles. The van der Waals surface area contributed by atoms with Crippen LogP contribution in [0.1, 0.15) is 24.6 Å². The van der Waals surface area contributed by atoms with Gasteiger partial charge < -0.3 is 14.9 Å². The molecule has 3 atom stereocenters. The van der Waals surface area contributed by atoms with Crippen LogP contribution in [0.4, 0.5) is 0 Å². The number of hydrogen-bond donors (Lipinski definition) is 1. The second-order valence-electron chi connectivity index (χ2n) is 8.18. The fourth-order valence-electron chi connectivity index (χ4n) is 5.18. The van der Waals surface area contributed by atoms with Crippen LogP contribution in [-0.2, 0) is 25.7 Å². The van der Waals surface area contributed by atoms with Crippen LogP contribution >= 0.6 is 11.3 Å². The van der Waals surface area contributed by atoms with Gasteiger partial charge in [-0.25, -0.2) is 4.79 Å². The number of thiophene rings is 1. The van der Waals surface area contributed by atoms with Gasteiger partial charge in [-0.3, -0.25) is 19.3 Å². The number of amides is 3. The average Bonchev–Trinajstić information content (AvgIpc) is 3.41. The second-order valence-corrected chi connectivity index (χ2v) is 9.22. The number of β-lactam (4-membered cyclic amide) rings is 1. The van der Waals surface area contributed by atoms with Crippen molar-refractivity contribution in [2.75, 3.05) is 13.1 Å². The number of carbonyl (C=O) groups is 4. The summed E-state index contributed by atoms with van der Waals surface area (Å²) in [6, 6.07) is 3.11. The number of hydrogen-bond acceptors (Lipinski definition) is 5. The number of likely N-dealkylation sites (tertiary alicyclic amines) is 2. The molecule has 0 aromatic carbocycles. The van der Waals surface area contributed by atoms with Gasteiger partial charge in [0, 0.05) is 36.4 Å². The van der Waals surface area contributed by atoms with Gasteiger partial charge in [-0.15, -0.1) is 11.3 Å². The van der Waals surface area contributed by atoms with Crippen molar-refractivity contribution in [3.63, 3.8) is 0 Å². The normalized spacial score (nSPS) is 28.1. The summed E-state index contributed by atoms with van der Waals surface area (Å²) in [5, 5.41) is 11.8. The van der Waals surface area contributed by atoms with E-state index < -0.39 is 12.0 Å². The molecule has 4 aliphatic rings. The van der Waals surface area contributed by atoms with Crippen LogP contribution in [0.3, 0.4) is 0 Å². The third-order valence-electron chi connectivity index (χ3n) is 6.48. The molecule has 10 heteroatoms. The number of nitrogens with zero attached hydrogens (tertiary/aromatic N) is 3. The van der Waals surface area contributed by atoms with Crippen molar-refractivity contribution >= 4 is 64.6 Å². The summed E-state index contributed by atoms with van der Waals surface area (Å²) in [5.74, 6) is -1.79. The van der Waals surface area contributed by atoms with Gasteiger partial charge in [-0.2, -0.15) is 0 Å². The molecule has 0 spiro atoms. The van der Waals surface area contributed by atoms with Crippen LogP contribution in [-0.4, -0.2) is 98.2 Å². The average molecular weight is 451 g/mol. The van der Waals surface area contributed by atoms with E-state index in [4.69, 9.17) is 0 Å². The van der Waals surface area contributed by atoms with E-state index >= 15 is 0 Å². The minimum absolute atomic E-state index is 0. The number of rotatable bonds is 4. The molecule has 1 N–H and O–H groups in total. The van der Waals surface area contributed by atoms with Gasteiger partial charge in [-0.1, -0.05) is 6.07 Å². The first-order valence-electron chi connectivity index (χ1n) is 9.95. The van der Waals surface area contributed by atoms with Crippen LogP contribution in [0.5, 0.6) is 0 Å². The Morgan fingerprint density at radius 3 is 2.74 bits per heavy atom. The zero-order chi connectivity index (χ0) is 21.2. The fraction of sp³-hybridized carbons (Fsp3) is 0.429. The topological polar surface area (TPSA) is 98.2 Å². The summed E-state index contributed by atoms with van der Waals surface area (Å²) in [6.45, 7) is 3.00. The molecule has 3 fully saturated rings. The predicted octanol–water partition coefficient (Wildman–Crippen LogP) is 0.558. The van der Waals surface area contributed by atoms with Crippen molar-refractivity contribution in [2.24, 2.45) is 5.92 Å². The molecule has 0 aliphatic carbocycles. The van der Waals surface area contributed by atoms with E-state index in [1.54, 1.807) is 27.2 Å². The molecule has 5 heterocycles. The van der Waals surface area contributed by atoms with Crippen molar-refractivity contribution < 1.29 is 24.3 Å². The summed E-state index contributed by atoms with van der Waals surface area (Å²) in [6.07, 6.45) is 2.66. The molecule has 0 bridgehead atoms. The Hall–Kier alpha value is -1.94. The quantitative estimate of drug-likeness (QED) is 0.410. The Kier molecular flexibility index (Phi) is 5.89. The maximum atomic E-state index is 12.9. The summed E-state index contributed by atoms with van der Waals surface area (Å²) in [4.78, 5) is 55.3. The molecule has 4 aliphatic heterocycles. The van der Waals surface area contributed by atoms with Gasteiger partial charge in [-0.05, 0) is 35.9 Å². The first-order valence-corrected chi connectivity index (χ1v) is 10.8.